The lowest BCUT2D eigenvalue weighted by Gasteiger charge is -2.25. The molecule has 4 N–H and O–H groups in total. The maximum absolute atomic E-state index is 12.9. The first-order valence-electron chi connectivity index (χ1n) is 13.8. The van der Waals surface area contributed by atoms with Crippen molar-refractivity contribution in [3.05, 3.63) is 77.9 Å². The summed E-state index contributed by atoms with van der Waals surface area (Å²) in [5.41, 5.74) is 8.39. The van der Waals surface area contributed by atoms with Crippen LogP contribution in [0.4, 0.5) is 5.69 Å². The summed E-state index contributed by atoms with van der Waals surface area (Å²) in [5.74, 6) is -0.920. The minimum atomic E-state index is -1.53. The summed E-state index contributed by atoms with van der Waals surface area (Å²) in [6, 6.07) is 12.0. The standard InChI is InChI=1S/C31H35ClN4O4S/c1-2-3-4-5-8-18-36-25-15-14-23(41-19-16-21-10-12-22(13-11-21)29(38)39)20-24(25)27(28(36)37)34-35-30(40)31(32)17-7-6-9-26(31)33/h6-7,9-15,17,20,26,37H,2-5,8,16,18-19,33H2,1H3,(H,38,39). The van der Waals surface area contributed by atoms with Gasteiger partial charge in [0.2, 0.25) is 5.88 Å². The zero-order chi connectivity index (χ0) is 29.4. The fourth-order valence-corrected chi connectivity index (χ4v) is 5.83. The maximum Gasteiger partial charge on any atom is 0.335 e. The molecular formula is C31H35ClN4O4S. The molecule has 0 saturated heterocycles. The van der Waals surface area contributed by atoms with E-state index in [0.29, 0.717) is 11.9 Å². The number of aromatic hydroxyl groups is 1. The quantitative estimate of drug-likeness (QED) is 0.0818. The second kappa shape index (κ2) is 14.0. The van der Waals surface area contributed by atoms with Crippen LogP contribution in [0.5, 0.6) is 5.88 Å². The van der Waals surface area contributed by atoms with Crippen LogP contribution < -0.4 is 5.73 Å². The zero-order valence-electron chi connectivity index (χ0n) is 23.0. The number of hydrogen-bond acceptors (Lipinski definition) is 6. The number of thioether (sulfide) groups is 1. The van der Waals surface area contributed by atoms with Gasteiger partial charge in [0, 0.05) is 22.6 Å². The number of carboxylic acids is 1. The molecule has 1 aliphatic rings. The molecule has 216 valence electrons. The Morgan fingerprint density at radius 2 is 1.85 bits per heavy atom. The molecule has 3 aromatic rings. The lowest BCUT2D eigenvalue weighted by molar-refractivity contribution is -0.119. The molecule has 1 heterocycles. The second-order valence-corrected chi connectivity index (χ2v) is 11.9. The van der Waals surface area contributed by atoms with E-state index in [-0.39, 0.29) is 17.1 Å². The number of halogens is 1. The van der Waals surface area contributed by atoms with Crippen LogP contribution in [0, 0.1) is 0 Å². The number of carboxylic acid groups (broad SMARTS) is 1. The average molecular weight is 595 g/mol. The third-order valence-corrected chi connectivity index (χ3v) is 8.68. The number of rotatable bonds is 13. The molecule has 2 unspecified atom stereocenters. The summed E-state index contributed by atoms with van der Waals surface area (Å²) in [6.07, 6.45) is 12.7. The highest BCUT2D eigenvalue weighted by molar-refractivity contribution is 7.99. The Kier molecular flexibility index (Phi) is 10.4. The van der Waals surface area contributed by atoms with Gasteiger partial charge in [0.15, 0.2) is 10.6 Å². The molecule has 10 heteroatoms. The Morgan fingerprint density at radius 3 is 2.56 bits per heavy atom. The fraction of sp³-hybridized carbons (Fsp3) is 0.355. The molecule has 41 heavy (non-hydrogen) atoms. The molecule has 8 nitrogen and oxygen atoms in total. The first kappa shape index (κ1) is 30.6. The molecule has 2 atom stereocenters. The van der Waals surface area contributed by atoms with Gasteiger partial charge >= 0.3 is 5.97 Å². The monoisotopic (exact) mass is 594 g/mol. The van der Waals surface area contributed by atoms with E-state index in [4.69, 9.17) is 22.4 Å². The fourth-order valence-electron chi connectivity index (χ4n) is 4.71. The number of hydrogen-bond donors (Lipinski definition) is 3. The van der Waals surface area contributed by atoms with Crippen molar-refractivity contribution in [1.82, 2.24) is 4.57 Å². The lowest BCUT2D eigenvalue weighted by atomic mass is 9.94. The number of amides is 1. The highest BCUT2D eigenvalue weighted by atomic mass is 35.5. The van der Waals surface area contributed by atoms with Gasteiger partial charge in [-0.1, -0.05) is 69.0 Å². The molecule has 0 spiro atoms. The van der Waals surface area contributed by atoms with Crippen LogP contribution in [0.2, 0.25) is 0 Å². The van der Waals surface area contributed by atoms with E-state index >= 15 is 0 Å². The van der Waals surface area contributed by atoms with Crippen LogP contribution >= 0.6 is 23.4 Å². The number of azo groups is 1. The van der Waals surface area contributed by atoms with Crippen molar-refractivity contribution in [2.75, 3.05) is 5.75 Å². The Morgan fingerprint density at radius 1 is 1.10 bits per heavy atom. The minimum absolute atomic E-state index is 0.0419. The Hall–Kier alpha value is -3.40. The number of allylic oxidation sites excluding steroid dienone is 2. The molecule has 0 aliphatic heterocycles. The van der Waals surface area contributed by atoms with Gasteiger partial charge in [-0.2, -0.15) is 0 Å². The third kappa shape index (κ3) is 7.28. The molecule has 2 aromatic carbocycles. The van der Waals surface area contributed by atoms with Crippen LogP contribution in [0.15, 0.2) is 81.9 Å². The maximum atomic E-state index is 12.9. The summed E-state index contributed by atoms with van der Waals surface area (Å²) in [4.78, 5) is 23.5. The molecule has 1 aromatic heterocycles. The number of carbonyl (C=O) groups is 2. The van der Waals surface area contributed by atoms with E-state index in [1.165, 1.54) is 12.5 Å². The number of nitrogens with zero attached hydrogens (tertiary/aromatic N) is 3. The molecule has 1 aliphatic carbocycles. The van der Waals surface area contributed by atoms with Gasteiger partial charge in [0.25, 0.3) is 5.91 Å². The number of aryl methyl sites for hydroxylation is 2. The molecule has 0 fully saturated rings. The minimum Gasteiger partial charge on any atom is -0.493 e. The number of unbranched alkanes of at least 4 members (excludes halogenated alkanes) is 4. The molecule has 4 rings (SSSR count). The van der Waals surface area contributed by atoms with E-state index in [2.05, 4.69) is 17.2 Å². The number of fused-ring (bicyclic) bond motifs is 1. The number of alkyl halides is 1. The van der Waals surface area contributed by atoms with E-state index < -0.39 is 22.8 Å². The SMILES string of the molecule is CCCCCCCn1c(O)c(N=NC(=O)C2(Cl)C=CC=CC2N)c2cc(SCCc3ccc(C(=O)O)cc3)ccc21. The van der Waals surface area contributed by atoms with Crippen molar-refractivity contribution < 1.29 is 19.8 Å². The third-order valence-electron chi connectivity index (χ3n) is 7.15. The van der Waals surface area contributed by atoms with E-state index in [0.717, 1.165) is 53.8 Å². The zero-order valence-corrected chi connectivity index (χ0v) is 24.6. The number of aromatic carboxylic acids is 1. The number of benzene rings is 2. The number of aromatic nitrogens is 1. The van der Waals surface area contributed by atoms with Gasteiger partial charge in [-0.3, -0.25) is 4.79 Å². The van der Waals surface area contributed by atoms with E-state index in [1.807, 2.05) is 34.9 Å². The summed E-state index contributed by atoms with van der Waals surface area (Å²) in [7, 11) is 0. The van der Waals surface area contributed by atoms with Crippen molar-refractivity contribution in [2.24, 2.45) is 16.0 Å². The first-order chi connectivity index (χ1) is 19.7. The van der Waals surface area contributed by atoms with Crippen LogP contribution in [-0.2, 0) is 17.8 Å². The smallest absolute Gasteiger partial charge is 0.335 e. The molecule has 0 bridgehead atoms. The van der Waals surface area contributed by atoms with Crippen molar-refractivity contribution in [3.63, 3.8) is 0 Å². The number of carbonyl (C=O) groups excluding carboxylic acids is 1. The second-order valence-electron chi connectivity index (χ2n) is 10.1. The summed E-state index contributed by atoms with van der Waals surface area (Å²) < 4.78 is 1.82. The van der Waals surface area contributed by atoms with Gasteiger partial charge in [0.05, 0.1) is 17.1 Å². The van der Waals surface area contributed by atoms with Crippen molar-refractivity contribution in [3.8, 4) is 5.88 Å². The van der Waals surface area contributed by atoms with Gasteiger partial charge < -0.3 is 20.5 Å². The Bertz CT molecular complexity index is 1480. The Labute approximate surface area is 249 Å². The van der Waals surface area contributed by atoms with Crippen LogP contribution in [0.25, 0.3) is 10.9 Å². The summed E-state index contributed by atoms with van der Waals surface area (Å²) >= 11 is 8.14. The largest absolute Gasteiger partial charge is 0.493 e. The Balaban J connectivity index is 1.56. The van der Waals surface area contributed by atoms with Crippen LogP contribution in [0.1, 0.15) is 54.9 Å². The predicted molar refractivity (Wildman–Crippen MR) is 165 cm³/mol. The topological polar surface area (TPSA) is 130 Å². The molecular weight excluding hydrogens is 560 g/mol. The summed E-state index contributed by atoms with van der Waals surface area (Å²) in [6.45, 7) is 2.79. The van der Waals surface area contributed by atoms with Crippen molar-refractivity contribution >= 4 is 51.8 Å². The number of nitrogens with two attached hydrogens (primary N) is 1. The average Bonchev–Trinajstić information content (AvgIpc) is 3.23. The van der Waals surface area contributed by atoms with Gasteiger partial charge in [-0.15, -0.1) is 33.6 Å². The first-order valence-corrected chi connectivity index (χ1v) is 15.2. The predicted octanol–water partition coefficient (Wildman–Crippen LogP) is 7.39. The van der Waals surface area contributed by atoms with Gasteiger partial charge in [-0.05, 0) is 48.7 Å². The van der Waals surface area contributed by atoms with Crippen LogP contribution in [-0.4, -0.2) is 43.3 Å². The van der Waals surface area contributed by atoms with Gasteiger partial charge in [-0.25, -0.2) is 4.79 Å². The van der Waals surface area contributed by atoms with E-state index in [1.54, 1.807) is 42.1 Å². The summed E-state index contributed by atoms with van der Waals surface area (Å²) in [5, 5.41) is 29.1. The molecule has 1 amide bonds. The lowest BCUT2D eigenvalue weighted by Crippen LogP contribution is -2.47. The van der Waals surface area contributed by atoms with Crippen LogP contribution in [0.3, 0.4) is 0 Å². The van der Waals surface area contributed by atoms with Gasteiger partial charge in [0.1, 0.15) is 0 Å². The van der Waals surface area contributed by atoms with Crippen molar-refractivity contribution in [2.45, 2.75) is 67.8 Å². The highest BCUT2D eigenvalue weighted by Gasteiger charge is 2.40. The highest BCUT2D eigenvalue weighted by Crippen LogP contribution is 2.41. The molecule has 0 saturated carbocycles. The van der Waals surface area contributed by atoms with Crippen molar-refractivity contribution in [1.29, 1.82) is 0 Å². The molecule has 0 radical (unpaired) electrons. The normalized spacial score (nSPS) is 18.5. The van der Waals surface area contributed by atoms with E-state index in [9.17, 15) is 14.7 Å².